The summed E-state index contributed by atoms with van der Waals surface area (Å²) in [5, 5.41) is 21.6. The molecule has 4 atom stereocenters. The number of Topliss-reactive ketones (excluding diaryl/α,β-unsaturated/α-hetero) is 3. The van der Waals surface area contributed by atoms with Crippen LogP contribution in [0.5, 0.6) is 11.8 Å². The van der Waals surface area contributed by atoms with Crippen molar-refractivity contribution in [2.45, 2.75) is 57.9 Å². The largest absolute Gasteiger partial charge is 0.494 e. The molecule has 5 aliphatic rings. The van der Waals surface area contributed by atoms with E-state index in [2.05, 4.69) is 24.3 Å². The monoisotopic (exact) mass is 409 g/mol. The Morgan fingerprint density at radius 2 is 1.47 bits per heavy atom. The predicted molar refractivity (Wildman–Crippen MR) is 109 cm³/mol. The summed E-state index contributed by atoms with van der Waals surface area (Å²) in [5.74, 6) is -1.00. The number of aromatic hydroxyl groups is 2. The van der Waals surface area contributed by atoms with Crippen LogP contribution in [0.3, 0.4) is 0 Å². The number of carbonyl (C=O) groups is 3. The van der Waals surface area contributed by atoms with Crippen LogP contribution >= 0.6 is 0 Å². The van der Waals surface area contributed by atoms with Gasteiger partial charge in [-0.15, -0.1) is 0 Å². The summed E-state index contributed by atoms with van der Waals surface area (Å²) in [7, 11) is 0. The molecule has 158 valence electrons. The molecule has 6 nitrogen and oxygen atoms in total. The summed E-state index contributed by atoms with van der Waals surface area (Å²) in [5.41, 5.74) is 1.22. The highest BCUT2D eigenvalue weighted by Gasteiger charge is 2.49. The highest BCUT2D eigenvalue weighted by Crippen LogP contribution is 2.61. The normalized spacial score (nSPS) is 30.9. The summed E-state index contributed by atoms with van der Waals surface area (Å²) in [6.07, 6.45) is 9.48. The molecule has 1 heterocycles. The second-order valence-corrected chi connectivity index (χ2v) is 10.1. The number of nitrogens with zero attached hydrogens (tertiary/aromatic N) is 1. The molecule has 4 unspecified atom stereocenters. The van der Waals surface area contributed by atoms with E-state index in [1.54, 1.807) is 0 Å². The molecule has 1 fully saturated rings. The number of aromatic nitrogens is 1. The summed E-state index contributed by atoms with van der Waals surface area (Å²) in [6, 6.07) is 0. The first-order valence-electron chi connectivity index (χ1n) is 10.8. The zero-order valence-corrected chi connectivity index (χ0v) is 17.3. The maximum atomic E-state index is 12.6. The van der Waals surface area contributed by atoms with Crippen molar-refractivity contribution < 1.29 is 24.6 Å². The van der Waals surface area contributed by atoms with E-state index < -0.39 is 5.92 Å². The van der Waals surface area contributed by atoms with Gasteiger partial charge in [-0.3, -0.25) is 19.0 Å². The Labute approximate surface area is 175 Å². The third kappa shape index (κ3) is 2.65. The van der Waals surface area contributed by atoms with Gasteiger partial charge < -0.3 is 10.2 Å². The predicted octanol–water partition coefficient (Wildman–Crippen LogP) is 3.38. The lowest BCUT2D eigenvalue weighted by Crippen LogP contribution is -2.41. The second kappa shape index (κ2) is 6.43. The van der Waals surface area contributed by atoms with Gasteiger partial charge in [-0.1, -0.05) is 38.2 Å². The van der Waals surface area contributed by atoms with Gasteiger partial charge in [0.1, 0.15) is 5.92 Å². The van der Waals surface area contributed by atoms with E-state index in [0.29, 0.717) is 18.3 Å². The molecular formula is C24H27NO5. The molecule has 0 amide bonds. The zero-order chi connectivity index (χ0) is 21.4. The molecule has 6 heteroatoms. The number of hydrogen-bond donors (Lipinski definition) is 2. The van der Waals surface area contributed by atoms with Gasteiger partial charge in [0, 0.05) is 48.8 Å². The molecule has 0 spiro atoms. The van der Waals surface area contributed by atoms with Gasteiger partial charge in [0.15, 0.2) is 29.1 Å². The van der Waals surface area contributed by atoms with Crippen molar-refractivity contribution in [2.75, 3.05) is 0 Å². The molecule has 6 rings (SSSR count). The molecule has 0 radical (unpaired) electrons. The van der Waals surface area contributed by atoms with Crippen molar-refractivity contribution in [1.29, 1.82) is 0 Å². The standard InChI is InChI=1S/C24H27NO5/c1-24(2)10-17(27)21(18(28)11-24)16(26)4-3-9-25-22(29)19-14-7-8-15(20(19)23(25)30)13-6-5-12(13)14/h5-8,12-15,21,29-30H,3-4,9-11H2,1-2H3. The Morgan fingerprint density at radius 1 is 0.967 bits per heavy atom. The highest BCUT2D eigenvalue weighted by molar-refractivity contribution is 6.20. The first-order valence-corrected chi connectivity index (χ1v) is 10.8. The van der Waals surface area contributed by atoms with Crippen LogP contribution in [0.4, 0.5) is 0 Å². The number of rotatable bonds is 5. The average Bonchev–Trinajstić information content (AvgIpc) is 2.86. The number of allylic oxidation sites excluding steroid dienone is 4. The van der Waals surface area contributed by atoms with E-state index in [4.69, 9.17) is 0 Å². The Kier molecular flexibility index (Phi) is 4.15. The second-order valence-electron chi connectivity index (χ2n) is 10.1. The SMILES string of the molecule is CC1(C)CC(=O)C(C(=O)CCCn2c(O)c3c(c2O)C2C=CC3C3C=CC23)C(=O)C1. The lowest BCUT2D eigenvalue weighted by Gasteiger charge is -2.47. The Morgan fingerprint density at radius 3 is 1.93 bits per heavy atom. The van der Waals surface area contributed by atoms with E-state index in [0.717, 1.165) is 11.1 Å². The highest BCUT2D eigenvalue weighted by atomic mass is 16.3. The third-order valence-electron chi connectivity index (χ3n) is 7.38. The van der Waals surface area contributed by atoms with Crippen LogP contribution in [0.15, 0.2) is 24.3 Å². The van der Waals surface area contributed by atoms with Crippen LogP contribution in [-0.4, -0.2) is 32.1 Å². The Balaban J connectivity index is 1.29. The van der Waals surface area contributed by atoms with Gasteiger partial charge in [0.25, 0.3) is 0 Å². The van der Waals surface area contributed by atoms with Crippen LogP contribution in [0.1, 0.15) is 62.5 Å². The van der Waals surface area contributed by atoms with E-state index >= 15 is 0 Å². The number of hydrogen-bond acceptors (Lipinski definition) is 5. The first kappa shape index (κ1) is 19.3. The lowest BCUT2D eigenvalue weighted by atomic mass is 9.56. The zero-order valence-electron chi connectivity index (χ0n) is 17.3. The van der Waals surface area contributed by atoms with Crippen LogP contribution in [0.2, 0.25) is 0 Å². The summed E-state index contributed by atoms with van der Waals surface area (Å²) >= 11 is 0. The lowest BCUT2D eigenvalue weighted by molar-refractivity contribution is -0.145. The van der Waals surface area contributed by atoms with Gasteiger partial charge >= 0.3 is 0 Å². The first-order chi connectivity index (χ1) is 14.2. The fourth-order valence-corrected chi connectivity index (χ4v) is 5.96. The van der Waals surface area contributed by atoms with Gasteiger partial charge in [-0.2, -0.15) is 0 Å². The Hall–Kier alpha value is -2.63. The van der Waals surface area contributed by atoms with E-state index in [1.165, 1.54) is 4.57 Å². The van der Waals surface area contributed by atoms with Crippen molar-refractivity contribution >= 4 is 17.3 Å². The van der Waals surface area contributed by atoms with E-state index in [-0.39, 0.29) is 72.2 Å². The molecule has 5 aliphatic carbocycles. The van der Waals surface area contributed by atoms with E-state index in [1.807, 2.05) is 13.8 Å². The quantitative estimate of drug-likeness (QED) is 0.574. The molecular weight excluding hydrogens is 382 g/mol. The third-order valence-corrected chi connectivity index (χ3v) is 7.38. The van der Waals surface area contributed by atoms with Crippen molar-refractivity contribution in [2.24, 2.45) is 23.2 Å². The molecule has 1 aromatic rings. The molecule has 30 heavy (non-hydrogen) atoms. The molecule has 2 bridgehead atoms. The minimum Gasteiger partial charge on any atom is -0.494 e. The summed E-state index contributed by atoms with van der Waals surface area (Å²) in [6.45, 7) is 4.00. The van der Waals surface area contributed by atoms with Crippen LogP contribution in [-0.2, 0) is 20.9 Å². The topological polar surface area (TPSA) is 96.6 Å². The average molecular weight is 409 g/mol. The molecule has 0 saturated heterocycles. The maximum absolute atomic E-state index is 12.6. The maximum Gasteiger partial charge on any atom is 0.198 e. The summed E-state index contributed by atoms with van der Waals surface area (Å²) < 4.78 is 1.48. The molecule has 0 aliphatic heterocycles. The van der Waals surface area contributed by atoms with Crippen molar-refractivity contribution in [3.05, 3.63) is 35.4 Å². The van der Waals surface area contributed by atoms with Gasteiger partial charge in [0.2, 0.25) is 0 Å². The number of ketones is 3. The van der Waals surface area contributed by atoms with Gasteiger partial charge in [0.05, 0.1) is 0 Å². The summed E-state index contributed by atoms with van der Waals surface area (Å²) in [4.78, 5) is 37.3. The van der Waals surface area contributed by atoms with Crippen molar-refractivity contribution in [3.8, 4) is 11.8 Å². The minimum atomic E-state index is -1.14. The molecule has 1 saturated carbocycles. The van der Waals surface area contributed by atoms with Crippen LogP contribution in [0, 0.1) is 23.2 Å². The van der Waals surface area contributed by atoms with Crippen molar-refractivity contribution in [1.82, 2.24) is 4.57 Å². The number of carbonyl (C=O) groups excluding carboxylic acids is 3. The minimum absolute atomic E-state index is 0.0691. The van der Waals surface area contributed by atoms with E-state index in [9.17, 15) is 24.6 Å². The van der Waals surface area contributed by atoms with Crippen LogP contribution < -0.4 is 0 Å². The van der Waals surface area contributed by atoms with Crippen molar-refractivity contribution in [3.63, 3.8) is 0 Å². The Bertz CT molecular complexity index is 961. The smallest absolute Gasteiger partial charge is 0.198 e. The molecule has 1 aromatic heterocycles. The van der Waals surface area contributed by atoms with Crippen LogP contribution in [0.25, 0.3) is 0 Å². The van der Waals surface area contributed by atoms with Gasteiger partial charge in [-0.25, -0.2) is 0 Å². The fraction of sp³-hybridized carbons (Fsp3) is 0.542. The fourth-order valence-electron chi connectivity index (χ4n) is 5.96. The molecule has 2 N–H and O–H groups in total. The molecule has 0 aromatic carbocycles. The van der Waals surface area contributed by atoms with Gasteiger partial charge in [-0.05, 0) is 23.7 Å².